The lowest BCUT2D eigenvalue weighted by Gasteiger charge is -2.05. The molecule has 70 valence electrons. The summed E-state index contributed by atoms with van der Waals surface area (Å²) < 4.78 is 5.09. The number of carbonyl (C=O) groups is 1. The van der Waals surface area contributed by atoms with Gasteiger partial charge in [-0.1, -0.05) is 0 Å². The molecule has 6 heteroatoms. The lowest BCUT2D eigenvalue weighted by atomic mass is 10.1. The molecule has 13 heavy (non-hydrogen) atoms. The zero-order valence-electron chi connectivity index (χ0n) is 6.99. The van der Waals surface area contributed by atoms with Gasteiger partial charge in [-0.15, -0.1) is 5.10 Å². The number of amides is 1. The molecular weight excluding hydrogens is 172 g/mol. The molecule has 2 rings (SSSR count). The fourth-order valence-electron chi connectivity index (χ4n) is 1.23. The van der Waals surface area contributed by atoms with Crippen molar-refractivity contribution in [2.45, 2.75) is 6.42 Å². The van der Waals surface area contributed by atoms with Gasteiger partial charge in [-0.05, 0) is 6.42 Å². The Balaban J connectivity index is 1.91. The summed E-state index contributed by atoms with van der Waals surface area (Å²) in [5.74, 6) is 0.361. The Morgan fingerprint density at radius 1 is 1.77 bits per heavy atom. The maximum atomic E-state index is 11.4. The molecule has 6 nitrogen and oxygen atoms in total. The van der Waals surface area contributed by atoms with Gasteiger partial charge in [-0.25, -0.2) is 0 Å². The molecule has 1 atom stereocenters. The quantitative estimate of drug-likeness (QED) is 0.662. The second kappa shape index (κ2) is 3.53. The lowest BCUT2D eigenvalue weighted by molar-refractivity contribution is -0.119. The Kier molecular flexibility index (Phi) is 2.22. The van der Waals surface area contributed by atoms with E-state index in [2.05, 4.69) is 20.7 Å². The Labute approximate surface area is 74.7 Å². The lowest BCUT2D eigenvalue weighted by Crippen LogP contribution is -2.22. The van der Waals surface area contributed by atoms with E-state index in [0.717, 1.165) is 6.42 Å². The van der Waals surface area contributed by atoms with Gasteiger partial charge in [0.05, 0.1) is 18.7 Å². The van der Waals surface area contributed by atoms with Gasteiger partial charge in [0.15, 0.2) is 5.82 Å². The Morgan fingerprint density at radius 3 is 3.31 bits per heavy atom. The predicted octanol–water partition coefficient (Wildman–Crippen LogP) is -0.220. The Morgan fingerprint density at radius 2 is 2.69 bits per heavy atom. The third-order valence-electron chi connectivity index (χ3n) is 1.97. The average Bonchev–Trinajstić information content (AvgIpc) is 2.74. The van der Waals surface area contributed by atoms with Crippen LogP contribution >= 0.6 is 0 Å². The number of aromatic amines is 1. The number of carbonyl (C=O) groups excluding carboxylic acids is 1. The van der Waals surface area contributed by atoms with Crippen LogP contribution < -0.4 is 5.32 Å². The number of hydrogen-bond acceptors (Lipinski definition) is 4. The van der Waals surface area contributed by atoms with Crippen molar-refractivity contribution in [3.63, 3.8) is 0 Å². The maximum absolute atomic E-state index is 11.4. The molecule has 1 aromatic rings. The van der Waals surface area contributed by atoms with Crippen LogP contribution in [0.15, 0.2) is 6.20 Å². The van der Waals surface area contributed by atoms with E-state index in [1.807, 2.05) is 0 Å². The molecule has 2 heterocycles. The van der Waals surface area contributed by atoms with Crippen LogP contribution in [0.25, 0.3) is 0 Å². The SMILES string of the molecule is O=C(Nc1cn[nH]n1)C1CCOC1. The molecule has 1 amide bonds. The van der Waals surface area contributed by atoms with Crippen LogP contribution in [-0.2, 0) is 9.53 Å². The van der Waals surface area contributed by atoms with Gasteiger partial charge in [-0.3, -0.25) is 4.79 Å². The highest BCUT2D eigenvalue weighted by atomic mass is 16.5. The van der Waals surface area contributed by atoms with Gasteiger partial charge in [0.25, 0.3) is 0 Å². The van der Waals surface area contributed by atoms with E-state index in [9.17, 15) is 4.79 Å². The first-order chi connectivity index (χ1) is 6.36. The number of H-pyrrole nitrogens is 1. The van der Waals surface area contributed by atoms with E-state index in [4.69, 9.17) is 4.74 Å². The largest absolute Gasteiger partial charge is 0.381 e. The zero-order valence-corrected chi connectivity index (χ0v) is 6.99. The van der Waals surface area contributed by atoms with Crippen molar-refractivity contribution in [2.75, 3.05) is 18.5 Å². The number of aromatic nitrogens is 3. The van der Waals surface area contributed by atoms with E-state index in [0.29, 0.717) is 19.0 Å². The smallest absolute Gasteiger partial charge is 0.231 e. The first kappa shape index (κ1) is 8.18. The summed E-state index contributed by atoms with van der Waals surface area (Å²) in [5, 5.41) is 12.4. The number of nitrogens with one attached hydrogen (secondary N) is 2. The van der Waals surface area contributed by atoms with E-state index >= 15 is 0 Å². The van der Waals surface area contributed by atoms with Crippen molar-refractivity contribution in [3.05, 3.63) is 6.20 Å². The van der Waals surface area contributed by atoms with Gasteiger partial charge >= 0.3 is 0 Å². The molecule has 0 aliphatic carbocycles. The van der Waals surface area contributed by atoms with Crippen LogP contribution in [0.1, 0.15) is 6.42 Å². The number of rotatable bonds is 2. The topological polar surface area (TPSA) is 79.9 Å². The van der Waals surface area contributed by atoms with Gasteiger partial charge < -0.3 is 10.1 Å². The summed E-state index contributed by atoms with van der Waals surface area (Å²) in [6.07, 6.45) is 2.25. The van der Waals surface area contributed by atoms with Crippen LogP contribution in [0, 0.1) is 5.92 Å². The van der Waals surface area contributed by atoms with E-state index in [-0.39, 0.29) is 11.8 Å². The minimum Gasteiger partial charge on any atom is -0.381 e. The van der Waals surface area contributed by atoms with Crippen LogP contribution in [-0.4, -0.2) is 34.5 Å². The highest BCUT2D eigenvalue weighted by Gasteiger charge is 2.23. The molecule has 1 saturated heterocycles. The summed E-state index contributed by atoms with van der Waals surface area (Å²) in [6.45, 7) is 1.17. The van der Waals surface area contributed by atoms with Crippen LogP contribution in [0.2, 0.25) is 0 Å². The van der Waals surface area contributed by atoms with Gasteiger partial charge in [0.2, 0.25) is 5.91 Å². The van der Waals surface area contributed by atoms with Crippen molar-refractivity contribution in [2.24, 2.45) is 5.92 Å². The molecule has 1 unspecified atom stereocenters. The summed E-state index contributed by atoms with van der Waals surface area (Å²) in [6, 6.07) is 0. The molecular formula is C7H10N4O2. The summed E-state index contributed by atoms with van der Waals surface area (Å²) in [4.78, 5) is 11.4. The third-order valence-corrected chi connectivity index (χ3v) is 1.97. The minimum atomic E-state index is -0.0496. The molecule has 0 aromatic carbocycles. The molecule has 0 saturated carbocycles. The fraction of sp³-hybridized carbons (Fsp3) is 0.571. The Hall–Kier alpha value is -1.43. The molecule has 2 N–H and O–H groups in total. The van der Waals surface area contributed by atoms with Crippen molar-refractivity contribution in [1.82, 2.24) is 15.4 Å². The fourth-order valence-corrected chi connectivity index (χ4v) is 1.23. The number of ether oxygens (including phenoxy) is 1. The second-order valence-corrected chi connectivity index (χ2v) is 2.91. The summed E-state index contributed by atoms with van der Waals surface area (Å²) in [7, 11) is 0. The highest BCUT2D eigenvalue weighted by molar-refractivity contribution is 5.91. The van der Waals surface area contributed by atoms with Crippen molar-refractivity contribution in [3.8, 4) is 0 Å². The number of hydrogen-bond donors (Lipinski definition) is 2. The minimum absolute atomic E-state index is 0.0447. The molecule has 1 aromatic heterocycles. The second-order valence-electron chi connectivity index (χ2n) is 2.91. The maximum Gasteiger partial charge on any atom is 0.231 e. The first-order valence-electron chi connectivity index (χ1n) is 4.10. The molecule has 1 aliphatic rings. The van der Waals surface area contributed by atoms with E-state index in [1.54, 1.807) is 0 Å². The van der Waals surface area contributed by atoms with Gasteiger partial charge in [-0.2, -0.15) is 10.3 Å². The summed E-state index contributed by atoms with van der Waals surface area (Å²) in [5.41, 5.74) is 0. The zero-order chi connectivity index (χ0) is 9.10. The third kappa shape index (κ3) is 1.83. The Bertz CT molecular complexity index is 279. The average molecular weight is 182 g/mol. The van der Waals surface area contributed by atoms with E-state index < -0.39 is 0 Å². The monoisotopic (exact) mass is 182 g/mol. The predicted molar refractivity (Wildman–Crippen MR) is 43.9 cm³/mol. The van der Waals surface area contributed by atoms with Crippen molar-refractivity contribution < 1.29 is 9.53 Å². The van der Waals surface area contributed by atoms with Gasteiger partial charge in [0, 0.05) is 6.61 Å². The van der Waals surface area contributed by atoms with Gasteiger partial charge in [0.1, 0.15) is 0 Å². The molecule has 0 bridgehead atoms. The molecule has 1 aliphatic heterocycles. The normalized spacial score (nSPS) is 21.7. The van der Waals surface area contributed by atoms with Crippen LogP contribution in [0.4, 0.5) is 5.82 Å². The number of anilines is 1. The summed E-state index contributed by atoms with van der Waals surface area (Å²) >= 11 is 0. The molecule has 0 radical (unpaired) electrons. The highest BCUT2D eigenvalue weighted by Crippen LogP contribution is 2.13. The standard InChI is InChI=1S/C7H10N4O2/c12-7(5-1-2-13-4-5)9-6-3-8-11-10-6/h3,5H,1-2,4H2,(H2,8,9,10,11,12). The molecule has 0 spiro atoms. The van der Waals surface area contributed by atoms with Crippen LogP contribution in [0.3, 0.4) is 0 Å². The number of nitrogens with zero attached hydrogens (tertiary/aromatic N) is 2. The van der Waals surface area contributed by atoms with Crippen molar-refractivity contribution >= 4 is 11.7 Å². The molecule has 1 fully saturated rings. The van der Waals surface area contributed by atoms with E-state index in [1.165, 1.54) is 6.20 Å². The first-order valence-corrected chi connectivity index (χ1v) is 4.10. The van der Waals surface area contributed by atoms with Crippen LogP contribution in [0.5, 0.6) is 0 Å². The van der Waals surface area contributed by atoms with Crippen molar-refractivity contribution in [1.29, 1.82) is 0 Å².